The normalized spacial score (nSPS) is 11.7. The van der Waals surface area contributed by atoms with Gasteiger partial charge in [-0.3, -0.25) is 0 Å². The van der Waals surface area contributed by atoms with Crippen LogP contribution in [0.1, 0.15) is 13.8 Å². The molecule has 0 unspecified atom stereocenters. The van der Waals surface area contributed by atoms with Crippen LogP contribution in [0.3, 0.4) is 0 Å². The van der Waals surface area contributed by atoms with Gasteiger partial charge in [0.05, 0.1) is 13.2 Å². The lowest BCUT2D eigenvalue weighted by atomic mass is 10.5. The number of hydrogen-bond donors (Lipinski definition) is 0. The number of halogens is 2. The summed E-state index contributed by atoms with van der Waals surface area (Å²) in [6, 6.07) is 0. The van der Waals surface area contributed by atoms with Gasteiger partial charge in [-0.1, -0.05) is 23.2 Å². The highest BCUT2D eigenvalue weighted by molar-refractivity contribution is 6.53. The van der Waals surface area contributed by atoms with Crippen LogP contribution in [-0.4, -0.2) is 25.2 Å². The summed E-state index contributed by atoms with van der Waals surface area (Å²) in [7, 11) is 0. The van der Waals surface area contributed by atoms with Crippen LogP contribution in [0, 0.1) is 0 Å². The molecule has 0 spiro atoms. The van der Waals surface area contributed by atoms with Gasteiger partial charge in [0.25, 0.3) is 0 Å². The fourth-order valence-electron chi connectivity index (χ4n) is 0.568. The lowest BCUT2D eigenvalue weighted by molar-refractivity contribution is -0.140. The zero-order valence-corrected chi connectivity index (χ0v) is 9.31. The Kier molecular flexibility index (Phi) is 6.32. The van der Waals surface area contributed by atoms with E-state index in [1.165, 1.54) is 0 Å². The van der Waals surface area contributed by atoms with E-state index in [-0.39, 0.29) is 13.2 Å². The van der Waals surface area contributed by atoms with E-state index >= 15 is 0 Å². The predicted octanol–water partition coefficient (Wildman–Crippen LogP) is 1.80. The van der Waals surface area contributed by atoms with Gasteiger partial charge in [-0.25, -0.2) is 9.59 Å². The fourth-order valence-corrected chi connectivity index (χ4v) is 0.832. The van der Waals surface area contributed by atoms with Crippen LogP contribution in [0.4, 0.5) is 0 Å². The van der Waals surface area contributed by atoms with Crippen LogP contribution in [0.25, 0.3) is 0 Å². The monoisotopic (exact) mass is 240 g/mol. The second-order valence-corrected chi connectivity index (χ2v) is 2.82. The van der Waals surface area contributed by atoms with Crippen molar-refractivity contribution in [1.29, 1.82) is 0 Å². The fraction of sp³-hybridized carbons (Fsp3) is 0.500. The van der Waals surface area contributed by atoms with Gasteiger partial charge in [-0.2, -0.15) is 0 Å². The zero-order valence-electron chi connectivity index (χ0n) is 7.80. The van der Waals surface area contributed by atoms with Crippen LogP contribution in [0.5, 0.6) is 0 Å². The van der Waals surface area contributed by atoms with E-state index in [9.17, 15) is 9.59 Å². The Balaban J connectivity index is 4.57. The van der Waals surface area contributed by atoms with Crippen molar-refractivity contribution in [2.45, 2.75) is 13.8 Å². The van der Waals surface area contributed by atoms with Crippen LogP contribution in [-0.2, 0) is 19.1 Å². The quantitative estimate of drug-likeness (QED) is 0.556. The maximum absolute atomic E-state index is 11.0. The Hall–Kier alpha value is -0.740. The first-order valence-electron chi connectivity index (χ1n) is 3.94. The lowest BCUT2D eigenvalue weighted by Gasteiger charge is -2.03. The molecule has 0 saturated heterocycles. The Morgan fingerprint density at radius 1 is 0.929 bits per heavy atom. The SMILES string of the molecule is CCOC(=O)C(Cl)=C(Cl)C(=O)OCC. The van der Waals surface area contributed by atoms with Gasteiger partial charge in [0.15, 0.2) is 10.1 Å². The van der Waals surface area contributed by atoms with Crippen LogP contribution < -0.4 is 0 Å². The first-order valence-corrected chi connectivity index (χ1v) is 4.69. The highest BCUT2D eigenvalue weighted by atomic mass is 35.5. The predicted molar refractivity (Wildman–Crippen MR) is 52.0 cm³/mol. The summed E-state index contributed by atoms with van der Waals surface area (Å²) in [5.41, 5.74) is 0. The molecule has 0 aliphatic heterocycles. The Bertz CT molecular complexity index is 234. The molecule has 0 aliphatic carbocycles. The summed E-state index contributed by atoms with van der Waals surface area (Å²) in [5, 5.41) is -0.932. The standard InChI is InChI=1S/C8H10Cl2O4/c1-3-13-7(11)5(9)6(10)8(12)14-4-2/h3-4H2,1-2H3. The summed E-state index contributed by atoms with van der Waals surface area (Å²) in [6.45, 7) is 3.53. The van der Waals surface area contributed by atoms with Crippen molar-refractivity contribution in [3.05, 3.63) is 10.1 Å². The molecule has 0 fully saturated rings. The van der Waals surface area contributed by atoms with Crippen molar-refractivity contribution in [2.75, 3.05) is 13.2 Å². The molecule has 6 heteroatoms. The molecule has 0 amide bonds. The van der Waals surface area contributed by atoms with Crippen molar-refractivity contribution in [2.24, 2.45) is 0 Å². The molecule has 0 radical (unpaired) electrons. The molecule has 0 bridgehead atoms. The Morgan fingerprint density at radius 3 is 1.43 bits per heavy atom. The first kappa shape index (κ1) is 13.3. The molecular formula is C8H10Cl2O4. The minimum atomic E-state index is -0.841. The summed E-state index contributed by atoms with van der Waals surface area (Å²) in [6.07, 6.45) is 0. The van der Waals surface area contributed by atoms with E-state index in [0.717, 1.165) is 0 Å². The minimum absolute atomic E-state index is 0.155. The molecule has 0 aromatic heterocycles. The van der Waals surface area contributed by atoms with Gasteiger partial charge in [-0.05, 0) is 13.8 Å². The average Bonchev–Trinajstić information content (AvgIpc) is 2.16. The molecule has 0 atom stereocenters. The largest absolute Gasteiger partial charge is 0.462 e. The molecule has 80 valence electrons. The van der Waals surface area contributed by atoms with Crippen LogP contribution in [0.2, 0.25) is 0 Å². The molecule has 0 heterocycles. The number of esters is 2. The third kappa shape index (κ3) is 3.98. The number of carbonyl (C=O) groups is 2. The van der Waals surface area contributed by atoms with Gasteiger partial charge in [0.1, 0.15) is 0 Å². The number of hydrogen-bond acceptors (Lipinski definition) is 4. The third-order valence-electron chi connectivity index (χ3n) is 1.10. The van der Waals surface area contributed by atoms with Crippen molar-refractivity contribution in [1.82, 2.24) is 0 Å². The van der Waals surface area contributed by atoms with Crippen LogP contribution in [0.15, 0.2) is 10.1 Å². The molecule has 0 aromatic rings. The van der Waals surface area contributed by atoms with Crippen molar-refractivity contribution in [3.63, 3.8) is 0 Å². The third-order valence-corrected chi connectivity index (χ3v) is 1.89. The van der Waals surface area contributed by atoms with E-state index in [0.29, 0.717) is 0 Å². The second kappa shape index (κ2) is 6.68. The van der Waals surface area contributed by atoms with Gasteiger partial charge < -0.3 is 9.47 Å². The molecule has 4 nitrogen and oxygen atoms in total. The first-order chi connectivity index (χ1) is 6.54. The van der Waals surface area contributed by atoms with Gasteiger partial charge >= 0.3 is 11.9 Å². The van der Waals surface area contributed by atoms with Gasteiger partial charge in [0, 0.05) is 0 Å². The van der Waals surface area contributed by atoms with E-state index in [1.807, 2.05) is 0 Å². The van der Waals surface area contributed by atoms with Crippen molar-refractivity contribution >= 4 is 35.1 Å². The molecule has 0 aliphatic rings. The van der Waals surface area contributed by atoms with Gasteiger partial charge in [0.2, 0.25) is 0 Å². The topological polar surface area (TPSA) is 52.6 Å². The summed E-state index contributed by atoms with van der Waals surface area (Å²) >= 11 is 10.9. The summed E-state index contributed by atoms with van der Waals surface area (Å²) < 4.78 is 9.06. The Labute approximate surface area is 91.8 Å². The van der Waals surface area contributed by atoms with E-state index in [2.05, 4.69) is 9.47 Å². The molecule has 0 saturated carbocycles. The Morgan fingerprint density at radius 2 is 1.21 bits per heavy atom. The highest BCUT2D eigenvalue weighted by Crippen LogP contribution is 2.16. The molecule has 14 heavy (non-hydrogen) atoms. The maximum Gasteiger partial charge on any atom is 0.351 e. The number of ether oxygens (including phenoxy) is 2. The highest BCUT2D eigenvalue weighted by Gasteiger charge is 2.19. The molecular weight excluding hydrogens is 231 g/mol. The van der Waals surface area contributed by atoms with E-state index < -0.39 is 22.0 Å². The van der Waals surface area contributed by atoms with E-state index in [4.69, 9.17) is 23.2 Å². The zero-order chi connectivity index (χ0) is 11.1. The van der Waals surface area contributed by atoms with Crippen molar-refractivity contribution in [3.8, 4) is 0 Å². The summed E-state index contributed by atoms with van der Waals surface area (Å²) in [4.78, 5) is 22.0. The summed E-state index contributed by atoms with van der Waals surface area (Å²) in [5.74, 6) is -1.68. The van der Waals surface area contributed by atoms with Gasteiger partial charge in [-0.15, -0.1) is 0 Å². The second-order valence-electron chi connectivity index (χ2n) is 2.07. The maximum atomic E-state index is 11.0. The van der Waals surface area contributed by atoms with E-state index in [1.54, 1.807) is 13.8 Å². The van der Waals surface area contributed by atoms with Crippen molar-refractivity contribution < 1.29 is 19.1 Å². The molecule has 0 aromatic carbocycles. The molecule has 0 N–H and O–H groups in total. The lowest BCUT2D eigenvalue weighted by Crippen LogP contribution is -2.11. The number of carbonyl (C=O) groups excluding carboxylic acids is 2. The number of rotatable bonds is 4. The average molecular weight is 241 g/mol. The molecule has 0 rings (SSSR count). The smallest absolute Gasteiger partial charge is 0.351 e. The van der Waals surface area contributed by atoms with Crippen LogP contribution >= 0.6 is 23.2 Å². The minimum Gasteiger partial charge on any atom is -0.462 e.